The Bertz CT molecular complexity index is 2980. The number of anilines is 4. The molecule has 340 valence electrons. The second kappa shape index (κ2) is 19.5. The predicted octanol–water partition coefficient (Wildman–Crippen LogP) is 6.46. The Morgan fingerprint density at radius 3 is 1.69 bits per heavy atom. The largest absolute Gasteiger partial charge is 0.379 e. The van der Waals surface area contributed by atoms with Crippen LogP contribution in [0.1, 0.15) is 64.6 Å². The van der Waals surface area contributed by atoms with Crippen molar-refractivity contribution >= 4 is 56.6 Å². The molecule has 2 saturated carbocycles. The molecule has 4 atom stereocenters. The maximum atomic E-state index is 14.1. The number of ether oxygens (including phenoxy) is 2. The maximum absolute atomic E-state index is 14.1. The highest BCUT2D eigenvalue weighted by Crippen LogP contribution is 2.49. The molecule has 4 fully saturated rings. The van der Waals surface area contributed by atoms with E-state index in [4.69, 9.17) is 9.47 Å². The third-order valence-corrected chi connectivity index (χ3v) is 13.3. The zero-order valence-corrected chi connectivity index (χ0v) is 38.1. The van der Waals surface area contributed by atoms with E-state index in [2.05, 4.69) is 124 Å². The summed E-state index contributed by atoms with van der Waals surface area (Å²) in [6, 6.07) is 18.5. The Labute approximate surface area is 390 Å². The maximum Gasteiger partial charge on any atom is 0.229 e. The quantitative estimate of drug-likeness (QED) is 0.106. The Kier molecular flexibility index (Phi) is 12.8. The number of hydrogen-bond acceptors (Lipinski definition) is 12. The fourth-order valence-corrected chi connectivity index (χ4v) is 9.11. The van der Waals surface area contributed by atoms with Gasteiger partial charge in [-0.15, -0.1) is 0 Å². The van der Waals surface area contributed by atoms with Crippen LogP contribution in [-0.4, -0.2) is 108 Å². The molecule has 2 unspecified atom stereocenters. The minimum absolute atomic E-state index is 0.00612. The summed E-state index contributed by atoms with van der Waals surface area (Å²) in [6.45, 7) is 10.3. The number of carbonyl (C=O) groups excluding carboxylic acids is 2. The van der Waals surface area contributed by atoms with E-state index in [1.165, 1.54) is 11.1 Å². The molecule has 14 heteroatoms. The van der Waals surface area contributed by atoms with E-state index < -0.39 is 0 Å². The predicted molar refractivity (Wildman–Crippen MR) is 261 cm³/mol. The van der Waals surface area contributed by atoms with Crippen molar-refractivity contribution in [3.05, 3.63) is 118 Å². The number of carbonyl (C=O) groups is 2. The highest BCUT2D eigenvalue weighted by molar-refractivity contribution is 6.01. The van der Waals surface area contributed by atoms with Crippen molar-refractivity contribution in [2.45, 2.75) is 38.8 Å². The molecule has 10 rings (SSSR count). The Hall–Kier alpha value is -6.94. The van der Waals surface area contributed by atoms with Gasteiger partial charge in [0.2, 0.25) is 11.8 Å². The van der Waals surface area contributed by atoms with Crippen molar-refractivity contribution in [2.75, 3.05) is 88.0 Å². The molecule has 67 heavy (non-hydrogen) atoms. The minimum atomic E-state index is -0.234. The Morgan fingerprint density at radius 1 is 0.612 bits per heavy atom. The van der Waals surface area contributed by atoms with Gasteiger partial charge in [0.05, 0.1) is 37.6 Å². The van der Waals surface area contributed by atoms with Crippen molar-refractivity contribution in [1.82, 2.24) is 29.7 Å². The van der Waals surface area contributed by atoms with Gasteiger partial charge < -0.3 is 30.7 Å². The van der Waals surface area contributed by atoms with E-state index in [9.17, 15) is 9.59 Å². The SMILES string of the molecule is CNc1ncc(C#Cc2ccc(CN3CCOCC3)cc2)c2cc(NC(=O)C3CC3c3cc(C#Cc4cnc(NC)c5cnc(NC(=O)[C@H]6C[C@H]6C)cc45)ccc3CN3CCOCC3)ncc12. The lowest BCUT2D eigenvalue weighted by Gasteiger charge is -2.27. The van der Waals surface area contributed by atoms with Crippen LogP contribution in [0.5, 0.6) is 0 Å². The normalized spacial score (nSPS) is 20.2. The van der Waals surface area contributed by atoms with Crippen molar-refractivity contribution < 1.29 is 19.1 Å². The first-order valence-corrected chi connectivity index (χ1v) is 23.2. The second-order valence-corrected chi connectivity index (χ2v) is 17.9. The van der Waals surface area contributed by atoms with Crippen LogP contribution in [-0.2, 0) is 32.2 Å². The van der Waals surface area contributed by atoms with Gasteiger partial charge in [0.1, 0.15) is 23.3 Å². The van der Waals surface area contributed by atoms with Gasteiger partial charge in [-0.2, -0.15) is 0 Å². The lowest BCUT2D eigenvalue weighted by molar-refractivity contribution is -0.118. The number of pyridine rings is 4. The molecule has 0 bridgehead atoms. The number of nitrogens with zero attached hydrogens (tertiary/aromatic N) is 6. The van der Waals surface area contributed by atoms with Gasteiger partial charge in [0.25, 0.3) is 0 Å². The van der Waals surface area contributed by atoms with Gasteiger partial charge in [0.15, 0.2) is 0 Å². The standard InChI is InChI=1S/C53H54N10O4/c1-33-22-40(33)52(64)60-48-25-43-38(28-59-51(55-3)47(43)29-56-48)12-9-35-10-13-39(32-63-16-20-67-21-17-63)41(23-35)44-24-45(44)53(65)61-49-26-42-37(27-58-50(54-2)46(42)30-57-49)11-8-34-4-6-36(7-5-34)31-62-14-18-66-19-15-62/h4-7,10,13,23,25-30,33,40,44-45H,14-22,24,31-32H2,1-3H3,(H,54,58)(H,55,59)(H,56,60,64)(H,57,61,65)/t33-,40+,44?,45?/m1/s1. The minimum Gasteiger partial charge on any atom is -0.379 e. The highest BCUT2D eigenvalue weighted by atomic mass is 16.5. The van der Waals surface area contributed by atoms with Crippen LogP contribution in [0, 0.1) is 41.4 Å². The molecule has 2 aliphatic carbocycles. The number of rotatable bonds is 11. The summed E-state index contributed by atoms with van der Waals surface area (Å²) in [5.74, 6) is 15.9. The van der Waals surface area contributed by atoms with Crippen LogP contribution in [0.25, 0.3) is 21.5 Å². The summed E-state index contributed by atoms with van der Waals surface area (Å²) in [5.41, 5.74) is 6.76. The molecule has 14 nitrogen and oxygen atoms in total. The van der Waals surface area contributed by atoms with Crippen molar-refractivity contribution in [3.8, 4) is 23.7 Å². The van der Waals surface area contributed by atoms with Gasteiger partial charge >= 0.3 is 0 Å². The van der Waals surface area contributed by atoms with Crippen LogP contribution in [0.3, 0.4) is 0 Å². The van der Waals surface area contributed by atoms with Crippen molar-refractivity contribution in [1.29, 1.82) is 0 Å². The molecular formula is C53H54N10O4. The van der Waals surface area contributed by atoms with E-state index in [-0.39, 0.29) is 29.6 Å². The Morgan fingerprint density at radius 2 is 1.13 bits per heavy atom. The summed E-state index contributed by atoms with van der Waals surface area (Å²) < 4.78 is 11.1. The summed E-state index contributed by atoms with van der Waals surface area (Å²) in [7, 11) is 3.65. The van der Waals surface area contributed by atoms with E-state index in [1.807, 2.05) is 26.2 Å². The smallest absolute Gasteiger partial charge is 0.229 e. The third kappa shape index (κ3) is 10.1. The first-order valence-electron chi connectivity index (χ1n) is 23.2. The first kappa shape index (κ1) is 43.9. The molecule has 4 aromatic heterocycles. The zero-order chi connectivity index (χ0) is 45.9. The Balaban J connectivity index is 0.886. The number of morpholine rings is 2. The number of nitrogens with one attached hydrogen (secondary N) is 4. The lowest BCUT2D eigenvalue weighted by atomic mass is 9.98. The molecule has 2 amide bonds. The third-order valence-electron chi connectivity index (χ3n) is 13.3. The van der Waals surface area contributed by atoms with E-state index >= 15 is 0 Å². The fourth-order valence-electron chi connectivity index (χ4n) is 9.11. The average molecular weight is 895 g/mol. The molecular weight excluding hydrogens is 841 g/mol. The highest BCUT2D eigenvalue weighted by Gasteiger charge is 2.45. The van der Waals surface area contributed by atoms with Gasteiger partial charge in [-0.3, -0.25) is 19.4 Å². The van der Waals surface area contributed by atoms with E-state index in [1.54, 1.807) is 24.8 Å². The summed E-state index contributed by atoms with van der Waals surface area (Å²) in [5, 5.41) is 15.8. The van der Waals surface area contributed by atoms with Gasteiger partial charge in [-0.25, -0.2) is 19.9 Å². The molecule has 0 radical (unpaired) electrons. The summed E-state index contributed by atoms with van der Waals surface area (Å²) in [6.07, 6.45) is 8.60. The summed E-state index contributed by atoms with van der Waals surface area (Å²) in [4.78, 5) is 50.1. The topological polar surface area (TPSA) is 159 Å². The second-order valence-electron chi connectivity index (χ2n) is 17.9. The van der Waals surface area contributed by atoms with Crippen molar-refractivity contribution in [2.24, 2.45) is 17.8 Å². The number of hydrogen-bond donors (Lipinski definition) is 4. The molecule has 4 aliphatic rings. The molecule has 6 heterocycles. The van der Waals surface area contributed by atoms with E-state index in [0.29, 0.717) is 48.8 Å². The summed E-state index contributed by atoms with van der Waals surface area (Å²) >= 11 is 0. The molecule has 2 aliphatic heterocycles. The van der Waals surface area contributed by atoms with Crippen LogP contribution >= 0.6 is 0 Å². The van der Waals surface area contributed by atoms with Gasteiger partial charge in [0, 0.05) is 123 Å². The fraction of sp³-hybridized carbons (Fsp3) is 0.358. The number of benzene rings is 2. The molecule has 6 aromatic rings. The van der Waals surface area contributed by atoms with Crippen LogP contribution in [0.4, 0.5) is 23.3 Å². The monoisotopic (exact) mass is 894 g/mol. The van der Waals surface area contributed by atoms with Crippen molar-refractivity contribution in [3.63, 3.8) is 0 Å². The first-order chi connectivity index (χ1) is 32.8. The van der Waals surface area contributed by atoms with Crippen LogP contribution < -0.4 is 21.3 Å². The van der Waals surface area contributed by atoms with Crippen LogP contribution in [0.15, 0.2) is 79.4 Å². The van der Waals surface area contributed by atoms with Crippen LogP contribution in [0.2, 0.25) is 0 Å². The average Bonchev–Trinajstić information content (AvgIpc) is 4.30. The molecule has 2 aromatic carbocycles. The zero-order valence-electron chi connectivity index (χ0n) is 38.1. The molecule has 0 spiro atoms. The van der Waals surface area contributed by atoms with Gasteiger partial charge in [-0.1, -0.05) is 48.8 Å². The molecule has 4 N–H and O–H groups in total. The molecule has 2 saturated heterocycles. The number of amides is 2. The lowest BCUT2D eigenvalue weighted by Crippen LogP contribution is -2.35. The number of aromatic nitrogens is 4. The van der Waals surface area contributed by atoms with Gasteiger partial charge in [-0.05, 0) is 77.8 Å². The van der Waals surface area contributed by atoms with E-state index in [0.717, 1.165) is 108 Å². The number of fused-ring (bicyclic) bond motifs is 2.